The van der Waals surface area contributed by atoms with Crippen LogP contribution in [0, 0.1) is 11.3 Å². The molecule has 0 radical (unpaired) electrons. The summed E-state index contributed by atoms with van der Waals surface area (Å²) in [5.41, 5.74) is 0.914. The SMILES string of the molecule is CCCC(c1ccccc1)N(C)S(=O)(=O)C(C#N)=Cc1nccs1. The average molecular weight is 361 g/mol. The van der Waals surface area contributed by atoms with Crippen LogP contribution in [0.15, 0.2) is 46.8 Å². The van der Waals surface area contributed by atoms with Gasteiger partial charge in [-0.1, -0.05) is 43.7 Å². The summed E-state index contributed by atoms with van der Waals surface area (Å²) in [6, 6.07) is 11.0. The van der Waals surface area contributed by atoms with E-state index in [4.69, 9.17) is 0 Å². The summed E-state index contributed by atoms with van der Waals surface area (Å²) in [7, 11) is -2.37. The van der Waals surface area contributed by atoms with E-state index in [0.717, 1.165) is 12.0 Å². The smallest absolute Gasteiger partial charge is 0.245 e. The molecule has 1 aromatic heterocycles. The highest BCUT2D eigenvalue weighted by atomic mass is 32.2. The average Bonchev–Trinajstić information content (AvgIpc) is 3.10. The zero-order valence-corrected chi connectivity index (χ0v) is 15.2. The molecule has 2 aromatic rings. The van der Waals surface area contributed by atoms with Crippen molar-refractivity contribution < 1.29 is 8.42 Å². The Balaban J connectivity index is 2.40. The highest BCUT2D eigenvalue weighted by Crippen LogP contribution is 2.29. The van der Waals surface area contributed by atoms with Crippen LogP contribution in [-0.4, -0.2) is 24.8 Å². The Bertz CT molecular complexity index is 822. The molecule has 5 nitrogen and oxygen atoms in total. The van der Waals surface area contributed by atoms with Gasteiger partial charge in [0, 0.05) is 30.7 Å². The Morgan fingerprint density at radius 3 is 2.67 bits per heavy atom. The summed E-state index contributed by atoms with van der Waals surface area (Å²) in [5.74, 6) is 0. The third-order valence-electron chi connectivity index (χ3n) is 3.66. The van der Waals surface area contributed by atoms with Crippen molar-refractivity contribution in [3.8, 4) is 6.07 Å². The van der Waals surface area contributed by atoms with Gasteiger partial charge in [-0.3, -0.25) is 0 Å². The van der Waals surface area contributed by atoms with Gasteiger partial charge in [0.15, 0.2) is 4.91 Å². The van der Waals surface area contributed by atoms with Crippen molar-refractivity contribution in [3.05, 3.63) is 57.4 Å². The molecule has 0 aliphatic heterocycles. The monoisotopic (exact) mass is 361 g/mol. The van der Waals surface area contributed by atoms with E-state index in [9.17, 15) is 13.7 Å². The molecule has 0 aliphatic carbocycles. The Labute approximate surface area is 146 Å². The minimum atomic E-state index is -3.90. The second-order valence-corrected chi connectivity index (χ2v) is 8.12. The van der Waals surface area contributed by atoms with E-state index in [1.807, 2.05) is 43.3 Å². The van der Waals surface area contributed by atoms with Gasteiger partial charge < -0.3 is 0 Å². The predicted octanol–water partition coefficient (Wildman–Crippen LogP) is 3.81. The standard InChI is InChI=1S/C17H19N3O2S2/c1-3-7-16(14-8-5-4-6-9-14)20(2)24(21,22)15(13-18)12-17-19-10-11-23-17/h4-6,8-12,16H,3,7H2,1-2H3. The van der Waals surface area contributed by atoms with Crippen molar-refractivity contribution in [2.24, 2.45) is 0 Å². The van der Waals surface area contributed by atoms with Crippen LogP contribution in [0.25, 0.3) is 6.08 Å². The fourth-order valence-corrected chi connectivity index (χ4v) is 4.30. The largest absolute Gasteiger partial charge is 0.253 e. The van der Waals surface area contributed by atoms with E-state index in [1.165, 1.54) is 28.8 Å². The number of benzene rings is 1. The molecule has 1 unspecified atom stereocenters. The van der Waals surface area contributed by atoms with Crippen molar-refractivity contribution in [1.29, 1.82) is 5.26 Å². The second kappa shape index (κ2) is 8.20. The highest BCUT2D eigenvalue weighted by molar-refractivity contribution is 7.93. The molecule has 0 aliphatic rings. The maximum Gasteiger partial charge on any atom is 0.253 e. The summed E-state index contributed by atoms with van der Waals surface area (Å²) in [6.07, 6.45) is 4.41. The van der Waals surface area contributed by atoms with Gasteiger partial charge in [0.05, 0.1) is 0 Å². The van der Waals surface area contributed by atoms with Crippen molar-refractivity contribution in [1.82, 2.24) is 9.29 Å². The number of hydrogen-bond acceptors (Lipinski definition) is 5. The maximum absolute atomic E-state index is 12.9. The van der Waals surface area contributed by atoms with Gasteiger partial charge in [-0.2, -0.15) is 9.57 Å². The summed E-state index contributed by atoms with van der Waals surface area (Å²) in [5, 5.41) is 11.6. The maximum atomic E-state index is 12.9. The van der Waals surface area contributed by atoms with E-state index >= 15 is 0 Å². The molecular formula is C17H19N3O2S2. The zero-order chi connectivity index (χ0) is 17.6. The lowest BCUT2D eigenvalue weighted by molar-refractivity contribution is 0.358. The quantitative estimate of drug-likeness (QED) is 0.703. The summed E-state index contributed by atoms with van der Waals surface area (Å²) < 4.78 is 27.1. The fourth-order valence-electron chi connectivity index (χ4n) is 2.41. The van der Waals surface area contributed by atoms with Crippen LogP contribution in [0.5, 0.6) is 0 Å². The third-order valence-corrected chi connectivity index (χ3v) is 6.16. The molecule has 0 saturated carbocycles. The van der Waals surface area contributed by atoms with Crippen LogP contribution in [0.4, 0.5) is 0 Å². The van der Waals surface area contributed by atoms with Gasteiger partial charge in [-0.05, 0) is 12.0 Å². The van der Waals surface area contributed by atoms with Crippen LogP contribution in [0.2, 0.25) is 0 Å². The molecule has 0 amide bonds. The number of rotatable bonds is 7. The number of nitriles is 1. The number of hydrogen-bond donors (Lipinski definition) is 0. The third kappa shape index (κ3) is 4.09. The molecular weight excluding hydrogens is 342 g/mol. The Hall–Kier alpha value is -2.01. The molecule has 0 spiro atoms. The molecule has 2 rings (SSSR count). The van der Waals surface area contributed by atoms with E-state index in [2.05, 4.69) is 4.98 Å². The normalized spacial score (nSPS) is 13.7. The van der Waals surface area contributed by atoms with Crippen LogP contribution in [0.3, 0.4) is 0 Å². The van der Waals surface area contributed by atoms with Gasteiger partial charge in [0.25, 0.3) is 10.0 Å². The van der Waals surface area contributed by atoms with Gasteiger partial charge >= 0.3 is 0 Å². The summed E-state index contributed by atoms with van der Waals surface area (Å²) in [6.45, 7) is 2.01. The van der Waals surface area contributed by atoms with E-state index in [1.54, 1.807) is 11.6 Å². The number of allylic oxidation sites excluding steroid dienone is 1. The lowest BCUT2D eigenvalue weighted by Crippen LogP contribution is -2.32. The zero-order valence-electron chi connectivity index (χ0n) is 13.6. The van der Waals surface area contributed by atoms with Gasteiger partial charge in [0.2, 0.25) is 0 Å². The molecule has 0 bridgehead atoms. The number of sulfonamides is 1. The number of nitrogens with zero attached hydrogens (tertiary/aromatic N) is 3. The first kappa shape index (κ1) is 18.3. The number of thiazole rings is 1. The Morgan fingerprint density at radius 2 is 2.12 bits per heavy atom. The van der Waals surface area contributed by atoms with Gasteiger partial charge in [-0.25, -0.2) is 13.4 Å². The molecule has 1 atom stereocenters. The minimum Gasteiger partial charge on any atom is -0.245 e. The molecule has 1 heterocycles. The first-order valence-electron chi connectivity index (χ1n) is 7.55. The topological polar surface area (TPSA) is 74.1 Å². The highest BCUT2D eigenvalue weighted by Gasteiger charge is 2.30. The Kier molecular flexibility index (Phi) is 6.26. The molecule has 7 heteroatoms. The van der Waals surface area contributed by atoms with Crippen molar-refractivity contribution in [2.45, 2.75) is 25.8 Å². The summed E-state index contributed by atoms with van der Waals surface area (Å²) >= 11 is 1.29. The van der Waals surface area contributed by atoms with Gasteiger partial charge in [-0.15, -0.1) is 11.3 Å². The van der Waals surface area contributed by atoms with E-state index in [0.29, 0.717) is 11.4 Å². The lowest BCUT2D eigenvalue weighted by atomic mass is 10.0. The van der Waals surface area contributed by atoms with E-state index in [-0.39, 0.29) is 10.9 Å². The van der Waals surface area contributed by atoms with Crippen molar-refractivity contribution >= 4 is 27.4 Å². The molecule has 0 fully saturated rings. The van der Waals surface area contributed by atoms with Crippen LogP contribution < -0.4 is 0 Å². The predicted molar refractivity (Wildman–Crippen MR) is 96.5 cm³/mol. The number of aromatic nitrogens is 1. The van der Waals surface area contributed by atoms with Crippen molar-refractivity contribution in [3.63, 3.8) is 0 Å². The van der Waals surface area contributed by atoms with Gasteiger partial charge in [0.1, 0.15) is 11.1 Å². The van der Waals surface area contributed by atoms with Crippen LogP contribution in [0.1, 0.15) is 36.4 Å². The lowest BCUT2D eigenvalue weighted by Gasteiger charge is -2.27. The molecule has 0 N–H and O–H groups in total. The first-order valence-corrected chi connectivity index (χ1v) is 9.87. The van der Waals surface area contributed by atoms with Crippen LogP contribution >= 0.6 is 11.3 Å². The first-order chi connectivity index (χ1) is 11.5. The molecule has 24 heavy (non-hydrogen) atoms. The van der Waals surface area contributed by atoms with E-state index < -0.39 is 10.0 Å². The molecule has 126 valence electrons. The van der Waals surface area contributed by atoms with Crippen molar-refractivity contribution in [2.75, 3.05) is 7.05 Å². The van der Waals surface area contributed by atoms with Crippen LogP contribution in [-0.2, 0) is 10.0 Å². The fraction of sp³-hybridized carbons (Fsp3) is 0.294. The minimum absolute atomic E-state index is 0.294. The summed E-state index contributed by atoms with van der Waals surface area (Å²) in [4.78, 5) is 3.73. The Morgan fingerprint density at radius 1 is 1.42 bits per heavy atom. The molecule has 0 saturated heterocycles. The molecule has 1 aromatic carbocycles. The second-order valence-electron chi connectivity index (χ2n) is 5.23.